The van der Waals surface area contributed by atoms with E-state index in [1.165, 1.54) is 12.1 Å². The molecule has 1 aliphatic heterocycles. The van der Waals surface area contributed by atoms with Crippen molar-refractivity contribution in [1.29, 1.82) is 0 Å². The number of alkyl halides is 3. The number of ether oxygens (including phenoxy) is 1. The Labute approximate surface area is 151 Å². The first-order chi connectivity index (χ1) is 12.1. The fourth-order valence-corrected chi connectivity index (χ4v) is 2.77. The lowest BCUT2D eigenvalue weighted by Gasteiger charge is -2.31. The van der Waals surface area contributed by atoms with E-state index in [4.69, 9.17) is 4.74 Å². The summed E-state index contributed by atoms with van der Waals surface area (Å²) in [6, 6.07) is 4.38. The van der Waals surface area contributed by atoms with E-state index >= 15 is 0 Å². The number of nitrogens with one attached hydrogen (secondary N) is 2. The maximum atomic E-state index is 13.5. The van der Waals surface area contributed by atoms with Crippen LogP contribution in [0.2, 0.25) is 0 Å². The Morgan fingerprint density at radius 3 is 2.46 bits per heavy atom. The molecule has 1 aromatic rings. The lowest BCUT2D eigenvalue weighted by molar-refractivity contribution is -0.137. The Morgan fingerprint density at radius 1 is 1.23 bits per heavy atom. The van der Waals surface area contributed by atoms with E-state index in [0.717, 1.165) is 0 Å². The van der Waals surface area contributed by atoms with Crippen LogP contribution in [0.3, 0.4) is 0 Å². The monoisotopic (exact) mass is 373 g/mol. The molecule has 0 spiro atoms. The van der Waals surface area contributed by atoms with Gasteiger partial charge in [-0.1, -0.05) is 6.07 Å². The molecule has 1 amide bonds. The SMILES string of the molecule is CC(C)(C)OC(=O)NCCc1ccc(N2CCNCC2)c(C(F)(F)F)c1. The Balaban J connectivity index is 2.05. The Hall–Kier alpha value is -1.96. The highest BCUT2D eigenvalue weighted by Crippen LogP contribution is 2.37. The summed E-state index contributed by atoms with van der Waals surface area (Å²) in [7, 11) is 0. The van der Waals surface area contributed by atoms with Crippen molar-refractivity contribution in [3.63, 3.8) is 0 Å². The number of piperazine rings is 1. The van der Waals surface area contributed by atoms with Crippen molar-refractivity contribution in [3.8, 4) is 0 Å². The van der Waals surface area contributed by atoms with Crippen molar-refractivity contribution in [1.82, 2.24) is 10.6 Å². The summed E-state index contributed by atoms with van der Waals surface area (Å²) < 4.78 is 45.6. The molecule has 0 unspecified atom stereocenters. The lowest BCUT2D eigenvalue weighted by Crippen LogP contribution is -2.44. The van der Waals surface area contributed by atoms with E-state index in [1.54, 1.807) is 31.7 Å². The molecule has 5 nitrogen and oxygen atoms in total. The molecular weight excluding hydrogens is 347 g/mol. The first-order valence-corrected chi connectivity index (χ1v) is 8.69. The number of hydrogen-bond acceptors (Lipinski definition) is 4. The second-order valence-electron chi connectivity index (χ2n) is 7.26. The number of carbonyl (C=O) groups excluding carboxylic acids is 1. The topological polar surface area (TPSA) is 53.6 Å². The van der Waals surface area contributed by atoms with Crippen LogP contribution in [-0.2, 0) is 17.3 Å². The molecular formula is C18H26F3N3O2. The predicted octanol–water partition coefficient (Wildman–Crippen LogP) is 3.18. The molecule has 1 saturated heterocycles. The van der Waals surface area contributed by atoms with Crippen LogP contribution in [0, 0.1) is 0 Å². The first kappa shape index (κ1) is 20.4. The maximum Gasteiger partial charge on any atom is 0.418 e. The minimum atomic E-state index is -4.42. The highest BCUT2D eigenvalue weighted by molar-refractivity contribution is 5.67. The predicted molar refractivity (Wildman–Crippen MR) is 94.5 cm³/mol. The zero-order valence-electron chi connectivity index (χ0n) is 15.4. The normalized spacial score (nSPS) is 15.7. The van der Waals surface area contributed by atoms with E-state index in [-0.39, 0.29) is 12.2 Å². The molecule has 0 aromatic heterocycles. The number of anilines is 1. The number of rotatable bonds is 4. The van der Waals surface area contributed by atoms with Crippen LogP contribution in [0.15, 0.2) is 18.2 Å². The number of hydrogen-bond donors (Lipinski definition) is 2. The molecule has 0 saturated carbocycles. The van der Waals surface area contributed by atoms with Gasteiger partial charge >= 0.3 is 12.3 Å². The lowest BCUT2D eigenvalue weighted by atomic mass is 10.0. The molecule has 26 heavy (non-hydrogen) atoms. The minimum Gasteiger partial charge on any atom is -0.444 e. The van der Waals surface area contributed by atoms with Crippen molar-refractivity contribution >= 4 is 11.8 Å². The van der Waals surface area contributed by atoms with Gasteiger partial charge in [-0.3, -0.25) is 0 Å². The van der Waals surface area contributed by atoms with Gasteiger partial charge in [0.2, 0.25) is 0 Å². The molecule has 146 valence electrons. The average molecular weight is 373 g/mol. The molecule has 0 bridgehead atoms. The zero-order valence-corrected chi connectivity index (χ0v) is 15.4. The summed E-state index contributed by atoms with van der Waals surface area (Å²) in [5.41, 5.74) is -0.511. The van der Waals surface area contributed by atoms with Gasteiger partial charge in [0.15, 0.2) is 0 Å². The standard InChI is InChI=1S/C18H26F3N3O2/c1-17(2,3)26-16(25)23-7-6-13-4-5-15(14(12-13)18(19,20)21)24-10-8-22-9-11-24/h4-5,12,22H,6-11H2,1-3H3,(H,23,25). The van der Waals surface area contributed by atoms with Crippen LogP contribution >= 0.6 is 0 Å². The summed E-state index contributed by atoms with van der Waals surface area (Å²) in [5, 5.41) is 5.70. The maximum absolute atomic E-state index is 13.5. The van der Waals surface area contributed by atoms with Crippen LogP contribution < -0.4 is 15.5 Å². The van der Waals surface area contributed by atoms with E-state index in [1.807, 2.05) is 0 Å². The van der Waals surface area contributed by atoms with Gasteiger partial charge in [0.05, 0.1) is 5.56 Å². The molecule has 0 radical (unpaired) electrons. The quantitative estimate of drug-likeness (QED) is 0.851. The number of halogens is 3. The van der Waals surface area contributed by atoms with Gasteiger partial charge in [0, 0.05) is 38.4 Å². The zero-order chi connectivity index (χ0) is 19.4. The van der Waals surface area contributed by atoms with E-state index in [0.29, 0.717) is 38.2 Å². The molecule has 1 heterocycles. The summed E-state index contributed by atoms with van der Waals surface area (Å²) >= 11 is 0. The number of alkyl carbamates (subject to hydrolysis) is 1. The molecule has 0 atom stereocenters. The third kappa shape index (κ3) is 6.09. The van der Waals surface area contributed by atoms with E-state index in [9.17, 15) is 18.0 Å². The molecule has 2 rings (SSSR count). The first-order valence-electron chi connectivity index (χ1n) is 8.69. The fourth-order valence-electron chi connectivity index (χ4n) is 2.77. The van der Waals surface area contributed by atoms with Crippen LogP contribution in [0.5, 0.6) is 0 Å². The summed E-state index contributed by atoms with van der Waals surface area (Å²) in [4.78, 5) is 13.4. The molecule has 8 heteroatoms. The number of amides is 1. The number of carbonyl (C=O) groups is 1. The molecule has 1 aliphatic rings. The van der Waals surface area contributed by atoms with Gasteiger partial charge in [-0.15, -0.1) is 0 Å². The van der Waals surface area contributed by atoms with Crippen LogP contribution in [-0.4, -0.2) is 44.4 Å². The van der Waals surface area contributed by atoms with E-state index in [2.05, 4.69) is 10.6 Å². The second kappa shape index (κ2) is 8.16. The summed E-state index contributed by atoms with van der Waals surface area (Å²) in [5.74, 6) is 0. The average Bonchev–Trinajstić information content (AvgIpc) is 2.53. The van der Waals surface area contributed by atoms with Crippen molar-refractivity contribution in [2.75, 3.05) is 37.6 Å². The molecule has 1 aromatic carbocycles. The van der Waals surface area contributed by atoms with Crippen molar-refractivity contribution in [3.05, 3.63) is 29.3 Å². The third-order valence-electron chi connectivity index (χ3n) is 3.91. The van der Waals surface area contributed by atoms with Crippen molar-refractivity contribution < 1.29 is 22.7 Å². The second-order valence-corrected chi connectivity index (χ2v) is 7.26. The third-order valence-corrected chi connectivity index (χ3v) is 3.91. The smallest absolute Gasteiger partial charge is 0.418 e. The van der Waals surface area contributed by atoms with Gasteiger partial charge in [-0.05, 0) is 44.9 Å². The van der Waals surface area contributed by atoms with Crippen molar-refractivity contribution in [2.45, 2.75) is 39.0 Å². The van der Waals surface area contributed by atoms with Gasteiger partial charge in [-0.25, -0.2) is 4.79 Å². The Bertz CT molecular complexity index is 621. The van der Waals surface area contributed by atoms with Gasteiger partial charge in [0.1, 0.15) is 5.60 Å². The fraction of sp³-hybridized carbons (Fsp3) is 0.611. The molecule has 0 aliphatic carbocycles. The molecule has 2 N–H and O–H groups in total. The summed E-state index contributed by atoms with van der Waals surface area (Å²) in [6.07, 6.45) is -4.70. The van der Waals surface area contributed by atoms with Crippen LogP contribution in [0.4, 0.5) is 23.7 Å². The van der Waals surface area contributed by atoms with Crippen LogP contribution in [0.25, 0.3) is 0 Å². The van der Waals surface area contributed by atoms with E-state index < -0.39 is 23.4 Å². The Kier molecular flexibility index (Phi) is 6.39. The highest BCUT2D eigenvalue weighted by atomic mass is 19.4. The highest BCUT2D eigenvalue weighted by Gasteiger charge is 2.35. The van der Waals surface area contributed by atoms with Gasteiger partial charge < -0.3 is 20.3 Å². The minimum absolute atomic E-state index is 0.208. The Morgan fingerprint density at radius 2 is 1.88 bits per heavy atom. The largest absolute Gasteiger partial charge is 0.444 e. The molecule has 1 fully saturated rings. The number of benzene rings is 1. The summed E-state index contributed by atoms with van der Waals surface area (Å²) in [6.45, 7) is 7.87. The van der Waals surface area contributed by atoms with Gasteiger partial charge in [-0.2, -0.15) is 13.2 Å². The number of nitrogens with zero attached hydrogens (tertiary/aromatic N) is 1. The van der Waals surface area contributed by atoms with Gasteiger partial charge in [0.25, 0.3) is 0 Å². The van der Waals surface area contributed by atoms with Crippen molar-refractivity contribution in [2.24, 2.45) is 0 Å². The van der Waals surface area contributed by atoms with Crippen LogP contribution in [0.1, 0.15) is 31.9 Å².